The molecule has 5 aliphatic rings. The fourth-order valence-electron chi connectivity index (χ4n) is 13.1. The molecule has 5 nitrogen and oxygen atoms in total. The molecule has 5 heteroatoms. The Morgan fingerprint density at radius 2 is 1.65 bits per heavy atom. The molecule has 0 aliphatic heterocycles. The molecule has 4 saturated carbocycles. The van der Waals surface area contributed by atoms with Gasteiger partial charge in [-0.3, -0.25) is 4.79 Å². The van der Waals surface area contributed by atoms with E-state index in [-0.39, 0.29) is 22.2 Å². The highest BCUT2D eigenvalue weighted by molar-refractivity contribution is 5.88. The number of nitrogens with one attached hydrogen (secondary N) is 1. The minimum Gasteiger partial charge on any atom is -0.478 e. The summed E-state index contributed by atoms with van der Waals surface area (Å²) in [5, 5.41) is 13.2. The number of benzene rings is 1. The Balaban J connectivity index is 1.30. The van der Waals surface area contributed by atoms with Gasteiger partial charge in [0, 0.05) is 13.1 Å². The van der Waals surface area contributed by atoms with Gasteiger partial charge in [-0.05, 0) is 145 Å². The smallest absolute Gasteiger partial charge is 0.335 e. The van der Waals surface area contributed by atoms with E-state index in [4.69, 9.17) is 4.74 Å². The molecule has 0 bridgehead atoms. The third-order valence-corrected chi connectivity index (χ3v) is 15.5. The zero-order valence-corrected chi connectivity index (χ0v) is 29.6. The zero-order chi connectivity index (χ0) is 33.3. The average molecular weight is 630 g/mol. The summed E-state index contributed by atoms with van der Waals surface area (Å²) < 4.78 is 4.91. The average Bonchev–Trinajstić information content (AvgIpc) is 3.39. The second kappa shape index (κ2) is 11.6. The van der Waals surface area contributed by atoms with Gasteiger partial charge in [-0.25, -0.2) is 4.79 Å². The summed E-state index contributed by atoms with van der Waals surface area (Å²) in [5.41, 5.74) is 5.43. The lowest BCUT2D eigenvalue weighted by Gasteiger charge is -2.72. The first-order chi connectivity index (χ1) is 21.6. The normalized spacial score (nSPS) is 40.8. The summed E-state index contributed by atoms with van der Waals surface area (Å²) in [6, 6.07) is 7.58. The van der Waals surface area contributed by atoms with Gasteiger partial charge in [0.2, 0.25) is 0 Å². The lowest BCUT2D eigenvalue weighted by molar-refractivity contribution is -0.225. The maximum atomic E-state index is 11.8. The molecule has 252 valence electrons. The van der Waals surface area contributed by atoms with Crippen molar-refractivity contribution >= 4 is 17.5 Å². The Morgan fingerprint density at radius 1 is 0.935 bits per heavy atom. The first-order valence-corrected chi connectivity index (χ1v) is 18.1. The van der Waals surface area contributed by atoms with Gasteiger partial charge in [0.15, 0.2) is 0 Å². The predicted octanol–water partition coefficient (Wildman–Crippen LogP) is 9.19. The number of esters is 1. The van der Waals surface area contributed by atoms with Crippen LogP contribution in [0.2, 0.25) is 0 Å². The van der Waals surface area contributed by atoms with E-state index in [0.29, 0.717) is 58.9 Å². The minimum absolute atomic E-state index is 0.0188. The van der Waals surface area contributed by atoms with Crippen molar-refractivity contribution in [2.75, 3.05) is 20.2 Å². The fourth-order valence-corrected chi connectivity index (χ4v) is 13.1. The van der Waals surface area contributed by atoms with E-state index in [0.717, 1.165) is 13.0 Å². The minimum atomic E-state index is -0.867. The topological polar surface area (TPSA) is 75.6 Å². The molecule has 0 heterocycles. The van der Waals surface area contributed by atoms with E-state index in [1.54, 1.807) is 12.1 Å². The highest BCUT2D eigenvalue weighted by Crippen LogP contribution is 2.77. The van der Waals surface area contributed by atoms with Crippen molar-refractivity contribution in [2.24, 2.45) is 56.7 Å². The number of carbonyl (C=O) groups excluding carboxylic acids is 1. The van der Waals surface area contributed by atoms with Crippen LogP contribution in [0.4, 0.5) is 0 Å². The van der Waals surface area contributed by atoms with Gasteiger partial charge in [-0.1, -0.05) is 65.0 Å². The van der Waals surface area contributed by atoms with Gasteiger partial charge < -0.3 is 15.2 Å². The van der Waals surface area contributed by atoms with E-state index in [1.807, 2.05) is 12.1 Å². The quantitative estimate of drug-likeness (QED) is 0.170. The second-order valence-corrected chi connectivity index (χ2v) is 17.5. The maximum absolute atomic E-state index is 11.8. The summed E-state index contributed by atoms with van der Waals surface area (Å²) in [7, 11) is 1.48. The van der Waals surface area contributed by atoms with Crippen LogP contribution in [0.1, 0.15) is 122 Å². The Hall–Kier alpha value is -2.40. The van der Waals surface area contributed by atoms with Crippen LogP contribution >= 0.6 is 0 Å². The van der Waals surface area contributed by atoms with Crippen molar-refractivity contribution in [3.8, 4) is 0 Å². The van der Waals surface area contributed by atoms with Crippen LogP contribution in [0.3, 0.4) is 0 Å². The van der Waals surface area contributed by atoms with Crippen molar-refractivity contribution in [1.29, 1.82) is 0 Å². The first-order valence-electron chi connectivity index (χ1n) is 18.1. The number of carboxylic acid groups (broad SMARTS) is 1. The number of allylic oxidation sites excluding steroid dienone is 3. The summed E-state index contributed by atoms with van der Waals surface area (Å²) in [6.45, 7) is 21.5. The molecule has 4 fully saturated rings. The molecule has 2 N–H and O–H groups in total. The van der Waals surface area contributed by atoms with Crippen LogP contribution in [-0.4, -0.2) is 37.2 Å². The van der Waals surface area contributed by atoms with Gasteiger partial charge in [0.25, 0.3) is 0 Å². The van der Waals surface area contributed by atoms with Crippen LogP contribution in [0.15, 0.2) is 42.5 Å². The standard InChI is InChI=1S/C41H59NO4/c1-26(2)29-15-21-41(25-42-24-18-34(43)46-8)23-22-39(6)31(35(29)41)13-14-33-38(5)19-16-30(27-9-11-28(12-10-27)36(44)45)37(3,4)32(38)17-20-40(33,39)7/h9-12,16,29,31-33,35,42H,1,13-15,17-25H2,2-8H3,(H,44,45)/t29-,31+,32-,33+,35+,38-,39+,40+,41+/m0/s1. The predicted molar refractivity (Wildman–Crippen MR) is 185 cm³/mol. The van der Waals surface area contributed by atoms with Gasteiger partial charge in [0.05, 0.1) is 19.1 Å². The number of fused-ring (bicyclic) bond motifs is 7. The van der Waals surface area contributed by atoms with Crippen molar-refractivity contribution in [2.45, 2.75) is 106 Å². The molecule has 0 aromatic heterocycles. The van der Waals surface area contributed by atoms with Crippen molar-refractivity contribution in [3.63, 3.8) is 0 Å². The maximum Gasteiger partial charge on any atom is 0.335 e. The number of carboxylic acids is 1. The molecular formula is C41H59NO4. The van der Waals surface area contributed by atoms with E-state index in [1.165, 1.54) is 75.2 Å². The Morgan fingerprint density at radius 3 is 2.30 bits per heavy atom. The SMILES string of the molecule is C=C(C)[C@@H]1CC[C@]2(CNCCC(=O)OC)CC[C@]3(C)[C@H](CC[C@@H]4[C@@]5(C)CC=C(c6ccc(C(=O)O)cc6)C(C)(C)[C@@H]5CC[C@]43C)[C@@H]12. The third kappa shape index (κ3) is 4.88. The van der Waals surface area contributed by atoms with E-state index >= 15 is 0 Å². The highest BCUT2D eigenvalue weighted by atomic mass is 16.5. The molecule has 0 spiro atoms. The van der Waals surface area contributed by atoms with E-state index in [2.05, 4.69) is 59.5 Å². The lowest BCUT2D eigenvalue weighted by Crippen LogP contribution is -2.65. The molecule has 0 unspecified atom stereocenters. The number of hydrogen-bond acceptors (Lipinski definition) is 4. The van der Waals surface area contributed by atoms with Gasteiger partial charge >= 0.3 is 11.9 Å². The van der Waals surface area contributed by atoms with Crippen molar-refractivity contribution in [3.05, 3.63) is 53.6 Å². The summed E-state index contributed by atoms with van der Waals surface area (Å²) in [4.78, 5) is 23.3. The van der Waals surface area contributed by atoms with Gasteiger partial charge in [-0.15, -0.1) is 0 Å². The molecule has 46 heavy (non-hydrogen) atoms. The zero-order valence-electron chi connectivity index (χ0n) is 29.6. The highest BCUT2D eigenvalue weighted by Gasteiger charge is 2.70. The molecule has 6 rings (SSSR count). The van der Waals surface area contributed by atoms with E-state index in [9.17, 15) is 14.7 Å². The molecular weight excluding hydrogens is 570 g/mol. The largest absolute Gasteiger partial charge is 0.478 e. The molecule has 9 atom stereocenters. The Labute approximate surface area is 278 Å². The molecule has 0 radical (unpaired) electrons. The summed E-state index contributed by atoms with van der Waals surface area (Å²) in [6.07, 6.45) is 14.3. The third-order valence-electron chi connectivity index (χ3n) is 15.5. The van der Waals surface area contributed by atoms with E-state index < -0.39 is 5.97 Å². The monoisotopic (exact) mass is 629 g/mol. The second-order valence-electron chi connectivity index (χ2n) is 17.5. The van der Waals surface area contributed by atoms with Crippen LogP contribution in [0.25, 0.3) is 5.57 Å². The van der Waals surface area contributed by atoms with Gasteiger partial charge in [0.1, 0.15) is 0 Å². The molecule has 1 aromatic rings. The number of hydrogen-bond donors (Lipinski definition) is 2. The summed E-state index contributed by atoms with van der Waals surface area (Å²) >= 11 is 0. The number of ether oxygens (including phenoxy) is 1. The molecule has 1 aromatic carbocycles. The summed E-state index contributed by atoms with van der Waals surface area (Å²) in [5.74, 6) is 2.21. The van der Waals surface area contributed by atoms with Crippen molar-refractivity contribution < 1.29 is 19.4 Å². The van der Waals surface area contributed by atoms with Crippen molar-refractivity contribution in [1.82, 2.24) is 5.32 Å². The van der Waals surface area contributed by atoms with Crippen LogP contribution in [0.5, 0.6) is 0 Å². The van der Waals surface area contributed by atoms with Crippen LogP contribution in [0, 0.1) is 56.7 Å². The molecule has 0 saturated heterocycles. The lowest BCUT2D eigenvalue weighted by atomic mass is 9.32. The number of methoxy groups -OCH3 is 1. The van der Waals surface area contributed by atoms with Gasteiger partial charge in [-0.2, -0.15) is 0 Å². The first kappa shape index (κ1) is 33.5. The number of carbonyl (C=O) groups is 2. The van der Waals surface area contributed by atoms with Crippen LogP contribution < -0.4 is 5.32 Å². The van der Waals surface area contributed by atoms with Crippen LogP contribution in [-0.2, 0) is 9.53 Å². The Bertz CT molecular complexity index is 1410. The fraction of sp³-hybridized carbons (Fsp3) is 0.707. The molecule has 5 aliphatic carbocycles. The number of rotatable bonds is 8. The number of aromatic carboxylic acids is 1. The molecule has 0 amide bonds. The Kier molecular flexibility index (Phi) is 8.47.